The van der Waals surface area contributed by atoms with Gasteiger partial charge in [-0.2, -0.15) is 10.2 Å². The molecule has 6 nitrogen and oxygen atoms in total. The predicted octanol–water partition coefficient (Wildman–Crippen LogP) is 1.98. The summed E-state index contributed by atoms with van der Waals surface area (Å²) < 4.78 is 18.8. The molecule has 1 aromatic carbocycles. The Kier molecular flexibility index (Phi) is 3.59. The Bertz CT molecular complexity index is 729. The van der Waals surface area contributed by atoms with Crippen LogP contribution in [0.3, 0.4) is 0 Å². The quantitative estimate of drug-likeness (QED) is 0.876. The van der Waals surface area contributed by atoms with Gasteiger partial charge in [-0.25, -0.2) is 9.37 Å². The highest BCUT2D eigenvalue weighted by molar-refractivity contribution is 6.33. The van der Waals surface area contributed by atoms with E-state index in [9.17, 15) is 4.39 Å². The number of anilines is 2. The van der Waals surface area contributed by atoms with Gasteiger partial charge in [0.2, 0.25) is 5.95 Å². The molecule has 102 valence electrons. The van der Waals surface area contributed by atoms with Crippen LogP contribution in [0, 0.1) is 17.1 Å². The summed E-state index contributed by atoms with van der Waals surface area (Å²) in [6, 6.07) is 4.68. The standard InChI is InChI=1S/C12H9ClFN5O/c1-20-7-3-2-5(8(13)9(7)14)10-6(4-15)11(16)19-12(17)18-10/h2-3H,1H3,(H4,16,17,18,19). The van der Waals surface area contributed by atoms with Gasteiger partial charge in [-0.3, -0.25) is 0 Å². The van der Waals surface area contributed by atoms with Gasteiger partial charge in [-0.1, -0.05) is 11.6 Å². The molecule has 0 fully saturated rings. The summed E-state index contributed by atoms with van der Waals surface area (Å²) in [6.07, 6.45) is 0. The number of nitriles is 1. The zero-order valence-corrected chi connectivity index (χ0v) is 11.1. The second kappa shape index (κ2) is 5.19. The molecule has 1 aromatic heterocycles. The number of benzene rings is 1. The Morgan fingerprint density at radius 3 is 2.65 bits per heavy atom. The Morgan fingerprint density at radius 2 is 2.05 bits per heavy atom. The van der Waals surface area contributed by atoms with Crippen molar-refractivity contribution in [2.45, 2.75) is 0 Å². The lowest BCUT2D eigenvalue weighted by Gasteiger charge is -2.10. The van der Waals surface area contributed by atoms with Crippen LogP contribution >= 0.6 is 11.6 Å². The Morgan fingerprint density at radius 1 is 1.35 bits per heavy atom. The predicted molar refractivity (Wildman–Crippen MR) is 72.5 cm³/mol. The number of hydrogen-bond donors (Lipinski definition) is 2. The molecular formula is C12H9ClFN5O. The third kappa shape index (κ3) is 2.17. The highest BCUT2D eigenvalue weighted by atomic mass is 35.5. The van der Waals surface area contributed by atoms with Crippen LogP contribution in [0.2, 0.25) is 5.02 Å². The largest absolute Gasteiger partial charge is 0.494 e. The molecule has 2 rings (SSSR count). The molecule has 0 saturated heterocycles. The molecule has 2 aromatic rings. The first-order valence-corrected chi connectivity index (χ1v) is 5.72. The minimum Gasteiger partial charge on any atom is -0.494 e. The van der Waals surface area contributed by atoms with Crippen molar-refractivity contribution >= 4 is 23.4 Å². The van der Waals surface area contributed by atoms with Gasteiger partial charge in [-0.15, -0.1) is 0 Å². The maximum absolute atomic E-state index is 13.9. The lowest BCUT2D eigenvalue weighted by atomic mass is 10.1. The van der Waals surface area contributed by atoms with Crippen molar-refractivity contribution in [2.24, 2.45) is 0 Å². The minimum atomic E-state index is -0.758. The zero-order valence-electron chi connectivity index (χ0n) is 10.3. The number of rotatable bonds is 2. The van der Waals surface area contributed by atoms with Crippen LogP contribution < -0.4 is 16.2 Å². The Balaban J connectivity index is 2.76. The van der Waals surface area contributed by atoms with Crippen LogP contribution in [-0.4, -0.2) is 17.1 Å². The van der Waals surface area contributed by atoms with Crippen LogP contribution in [0.4, 0.5) is 16.2 Å². The highest BCUT2D eigenvalue weighted by Gasteiger charge is 2.19. The van der Waals surface area contributed by atoms with Gasteiger partial charge >= 0.3 is 0 Å². The number of hydrogen-bond acceptors (Lipinski definition) is 6. The van der Waals surface area contributed by atoms with Crippen molar-refractivity contribution < 1.29 is 9.13 Å². The molecule has 0 aliphatic carbocycles. The lowest BCUT2D eigenvalue weighted by Crippen LogP contribution is -2.05. The molecule has 0 atom stereocenters. The molecule has 0 aliphatic rings. The summed E-state index contributed by atoms with van der Waals surface area (Å²) in [7, 11) is 1.32. The second-order valence-corrected chi connectivity index (χ2v) is 4.12. The average molecular weight is 294 g/mol. The number of halogens is 2. The van der Waals surface area contributed by atoms with Gasteiger partial charge in [0, 0.05) is 5.56 Å². The smallest absolute Gasteiger partial charge is 0.222 e. The molecular weight excluding hydrogens is 285 g/mol. The van der Waals surface area contributed by atoms with E-state index in [1.807, 2.05) is 6.07 Å². The number of nitrogens with two attached hydrogens (primary N) is 2. The van der Waals surface area contributed by atoms with Crippen LogP contribution in [-0.2, 0) is 0 Å². The minimum absolute atomic E-state index is 0.0211. The summed E-state index contributed by atoms with van der Waals surface area (Å²) >= 11 is 5.94. The van der Waals surface area contributed by atoms with Crippen molar-refractivity contribution in [1.29, 1.82) is 5.26 Å². The maximum atomic E-state index is 13.9. The second-order valence-electron chi connectivity index (χ2n) is 3.75. The van der Waals surface area contributed by atoms with E-state index in [4.69, 9.17) is 33.1 Å². The molecule has 0 aliphatic heterocycles. The van der Waals surface area contributed by atoms with Crippen LogP contribution in [0.5, 0.6) is 5.75 Å². The summed E-state index contributed by atoms with van der Waals surface area (Å²) in [5.74, 6) is -1.01. The van der Waals surface area contributed by atoms with Crippen LogP contribution in [0.15, 0.2) is 12.1 Å². The SMILES string of the molecule is COc1ccc(-c2nc(N)nc(N)c2C#N)c(Cl)c1F. The van der Waals surface area contributed by atoms with E-state index in [-0.39, 0.29) is 39.4 Å². The topological polar surface area (TPSA) is 111 Å². The Hall–Kier alpha value is -2.59. The molecule has 0 spiro atoms. The van der Waals surface area contributed by atoms with E-state index in [0.717, 1.165) is 0 Å². The molecule has 0 unspecified atom stereocenters. The summed E-state index contributed by atoms with van der Waals surface area (Å²) in [5, 5.41) is 8.86. The number of methoxy groups -OCH3 is 1. The van der Waals surface area contributed by atoms with Crippen molar-refractivity contribution in [3.05, 3.63) is 28.5 Å². The fourth-order valence-electron chi connectivity index (χ4n) is 1.67. The fourth-order valence-corrected chi connectivity index (χ4v) is 1.92. The third-order valence-electron chi connectivity index (χ3n) is 2.59. The van der Waals surface area contributed by atoms with E-state index in [1.54, 1.807) is 0 Å². The lowest BCUT2D eigenvalue weighted by molar-refractivity contribution is 0.387. The van der Waals surface area contributed by atoms with E-state index in [0.29, 0.717) is 0 Å². The molecule has 8 heteroatoms. The number of nitrogen functional groups attached to an aromatic ring is 2. The van der Waals surface area contributed by atoms with Crippen LogP contribution in [0.1, 0.15) is 5.56 Å². The van der Waals surface area contributed by atoms with E-state index in [1.165, 1.54) is 19.2 Å². The third-order valence-corrected chi connectivity index (χ3v) is 2.96. The first-order chi connectivity index (χ1) is 9.49. The molecule has 1 heterocycles. The van der Waals surface area contributed by atoms with E-state index in [2.05, 4.69) is 9.97 Å². The number of nitrogens with zero attached hydrogens (tertiary/aromatic N) is 3. The zero-order chi connectivity index (χ0) is 14.9. The van der Waals surface area contributed by atoms with Crippen molar-refractivity contribution in [2.75, 3.05) is 18.6 Å². The molecule has 0 bridgehead atoms. The number of aromatic nitrogens is 2. The van der Waals surface area contributed by atoms with E-state index < -0.39 is 5.82 Å². The summed E-state index contributed by atoms with van der Waals surface area (Å²) in [6.45, 7) is 0. The maximum Gasteiger partial charge on any atom is 0.222 e. The van der Waals surface area contributed by atoms with Gasteiger partial charge in [0.15, 0.2) is 11.6 Å². The van der Waals surface area contributed by atoms with Gasteiger partial charge in [0.05, 0.1) is 17.8 Å². The normalized spacial score (nSPS) is 10.1. The monoisotopic (exact) mass is 293 g/mol. The highest BCUT2D eigenvalue weighted by Crippen LogP contribution is 2.36. The Labute approximate surface area is 118 Å². The average Bonchev–Trinajstić information content (AvgIpc) is 2.41. The van der Waals surface area contributed by atoms with Gasteiger partial charge in [0.25, 0.3) is 0 Å². The van der Waals surface area contributed by atoms with E-state index >= 15 is 0 Å². The van der Waals surface area contributed by atoms with Gasteiger partial charge in [0.1, 0.15) is 17.5 Å². The van der Waals surface area contributed by atoms with Crippen LogP contribution in [0.25, 0.3) is 11.3 Å². The van der Waals surface area contributed by atoms with Crippen molar-refractivity contribution in [3.63, 3.8) is 0 Å². The summed E-state index contributed by atoms with van der Waals surface area (Å²) in [4.78, 5) is 7.58. The number of ether oxygens (including phenoxy) is 1. The first-order valence-electron chi connectivity index (χ1n) is 5.35. The van der Waals surface area contributed by atoms with Crippen molar-refractivity contribution in [1.82, 2.24) is 9.97 Å². The van der Waals surface area contributed by atoms with Gasteiger partial charge < -0.3 is 16.2 Å². The molecule has 20 heavy (non-hydrogen) atoms. The fraction of sp³-hybridized carbons (Fsp3) is 0.0833. The molecule has 0 amide bonds. The summed E-state index contributed by atoms with van der Waals surface area (Å²) in [5.41, 5.74) is 11.3. The van der Waals surface area contributed by atoms with Crippen molar-refractivity contribution in [3.8, 4) is 23.1 Å². The molecule has 0 radical (unpaired) electrons. The molecule has 4 N–H and O–H groups in total. The first kappa shape index (κ1) is 13.8. The molecule has 0 saturated carbocycles. The van der Waals surface area contributed by atoms with Gasteiger partial charge in [-0.05, 0) is 12.1 Å².